The van der Waals surface area contributed by atoms with Crippen molar-refractivity contribution in [1.82, 2.24) is 15.8 Å². The van der Waals surface area contributed by atoms with Crippen LogP contribution in [-0.4, -0.2) is 47.6 Å². The first-order valence-electron chi connectivity index (χ1n) is 10.0. The van der Waals surface area contributed by atoms with Gasteiger partial charge in [0, 0.05) is 0 Å². The molecule has 9 heteroatoms. The molecule has 0 atom stereocenters. The first kappa shape index (κ1) is 21.6. The number of nitrogens with zero attached hydrogens (tertiary/aromatic N) is 1. The molecule has 2 N–H and O–H groups in total. The summed E-state index contributed by atoms with van der Waals surface area (Å²) in [5, 5.41) is 3.38. The highest BCUT2D eigenvalue weighted by Gasteiger charge is 2.52. The quantitative estimate of drug-likeness (QED) is 0.539. The maximum Gasteiger partial charge on any atom is 0.344 e. The highest BCUT2D eigenvalue weighted by Crippen LogP contribution is 2.35. The number of hydrogen-bond donors (Lipinski definition) is 2. The molecule has 4 amide bonds. The Morgan fingerprint density at radius 1 is 1.17 bits per heavy atom. The Morgan fingerprint density at radius 2 is 1.87 bits per heavy atom. The number of aryl methyl sites for hydroxylation is 2. The van der Waals surface area contributed by atoms with Crippen molar-refractivity contribution in [2.75, 3.05) is 13.2 Å². The number of benzene rings is 1. The molecule has 162 valence electrons. The minimum absolute atomic E-state index is 0.361. The summed E-state index contributed by atoms with van der Waals surface area (Å²) in [6.45, 7) is 5.01. The van der Waals surface area contributed by atoms with Crippen LogP contribution in [0.3, 0.4) is 0 Å². The molecule has 0 radical (unpaired) electrons. The van der Waals surface area contributed by atoms with Crippen LogP contribution >= 0.6 is 0 Å². The third-order valence-corrected chi connectivity index (χ3v) is 5.73. The van der Waals surface area contributed by atoms with Gasteiger partial charge in [-0.1, -0.05) is 13.0 Å². The number of carbonyl (C=O) groups excluding carboxylic acids is 4. The summed E-state index contributed by atoms with van der Waals surface area (Å²) >= 11 is 0. The van der Waals surface area contributed by atoms with Crippen LogP contribution in [0.4, 0.5) is 4.79 Å². The van der Waals surface area contributed by atoms with Gasteiger partial charge >= 0.3 is 12.0 Å². The molecule has 0 unspecified atom stereocenters. The Labute approximate surface area is 175 Å². The molecule has 30 heavy (non-hydrogen) atoms. The summed E-state index contributed by atoms with van der Waals surface area (Å²) in [5.74, 6) is -0.977. The maximum atomic E-state index is 12.7. The smallest absolute Gasteiger partial charge is 0.344 e. The number of imide groups is 1. The van der Waals surface area contributed by atoms with Crippen molar-refractivity contribution in [2.24, 2.45) is 5.92 Å². The molecule has 1 aliphatic heterocycles. The van der Waals surface area contributed by atoms with Crippen LogP contribution in [0.1, 0.15) is 43.7 Å². The number of carbonyl (C=O) groups is 4. The maximum absolute atomic E-state index is 12.7. The van der Waals surface area contributed by atoms with E-state index in [2.05, 4.69) is 17.7 Å². The zero-order valence-corrected chi connectivity index (χ0v) is 17.4. The monoisotopic (exact) mass is 417 g/mol. The predicted octanol–water partition coefficient (Wildman–Crippen LogP) is 1.76. The van der Waals surface area contributed by atoms with Crippen molar-refractivity contribution in [2.45, 2.75) is 52.0 Å². The van der Waals surface area contributed by atoms with Gasteiger partial charge in [-0.15, -0.1) is 0 Å². The van der Waals surface area contributed by atoms with Crippen molar-refractivity contribution in [3.63, 3.8) is 0 Å². The molecule has 1 heterocycles. The Kier molecular flexibility index (Phi) is 6.28. The van der Waals surface area contributed by atoms with E-state index < -0.39 is 36.0 Å². The molecule has 1 saturated carbocycles. The molecule has 1 spiro atoms. The molecule has 0 aromatic heterocycles. The lowest BCUT2D eigenvalue weighted by Crippen LogP contribution is -2.52. The van der Waals surface area contributed by atoms with Gasteiger partial charge in [-0.25, -0.2) is 9.59 Å². The second kappa shape index (κ2) is 8.73. The van der Waals surface area contributed by atoms with Crippen molar-refractivity contribution in [1.29, 1.82) is 0 Å². The normalized spacial score (nSPS) is 23.3. The number of ether oxygens (including phenoxy) is 2. The topological polar surface area (TPSA) is 114 Å². The van der Waals surface area contributed by atoms with Crippen LogP contribution in [0.15, 0.2) is 18.2 Å². The Hall–Kier alpha value is -3.10. The highest BCUT2D eigenvalue weighted by molar-refractivity contribution is 6.08. The first-order chi connectivity index (χ1) is 14.2. The molecule has 9 nitrogen and oxygen atoms in total. The average molecular weight is 417 g/mol. The number of hydrazine groups is 1. The average Bonchev–Trinajstić information content (AvgIpc) is 2.94. The van der Waals surface area contributed by atoms with Crippen LogP contribution in [0.5, 0.6) is 5.75 Å². The minimum atomic E-state index is -0.951. The van der Waals surface area contributed by atoms with Crippen molar-refractivity contribution >= 4 is 23.8 Å². The second-order valence-electron chi connectivity index (χ2n) is 8.07. The zero-order chi connectivity index (χ0) is 21.9. The van der Waals surface area contributed by atoms with E-state index >= 15 is 0 Å². The SMILES string of the molecule is Cc1ccc(OCC(=O)OCC(=O)NN2C(=O)NC3(CCC(C)CC3)C2=O)cc1C. The second-order valence-corrected chi connectivity index (χ2v) is 8.07. The molecular weight excluding hydrogens is 390 g/mol. The van der Waals surface area contributed by atoms with Crippen LogP contribution in [0.25, 0.3) is 0 Å². The summed E-state index contributed by atoms with van der Waals surface area (Å²) < 4.78 is 10.2. The van der Waals surface area contributed by atoms with Crippen LogP contribution < -0.4 is 15.5 Å². The fourth-order valence-corrected chi connectivity index (χ4v) is 3.61. The van der Waals surface area contributed by atoms with Crippen molar-refractivity contribution in [3.8, 4) is 5.75 Å². The van der Waals surface area contributed by atoms with Gasteiger partial charge in [0.05, 0.1) is 0 Å². The van der Waals surface area contributed by atoms with Crippen LogP contribution in [0.2, 0.25) is 0 Å². The fraction of sp³-hybridized carbons (Fsp3) is 0.524. The highest BCUT2D eigenvalue weighted by atomic mass is 16.6. The Morgan fingerprint density at radius 3 is 2.53 bits per heavy atom. The van der Waals surface area contributed by atoms with Gasteiger partial charge in [-0.3, -0.25) is 15.0 Å². The standard InChI is InChI=1S/C21H27N3O6/c1-13-6-8-21(9-7-13)19(27)24(20(28)22-21)23-17(25)11-30-18(26)12-29-16-5-4-14(2)15(3)10-16/h4-5,10,13H,6-9,11-12H2,1-3H3,(H,22,28)(H,23,25). The van der Waals surface area contributed by atoms with E-state index in [0.717, 1.165) is 24.0 Å². The van der Waals surface area contributed by atoms with E-state index in [0.29, 0.717) is 29.5 Å². The lowest BCUT2D eigenvalue weighted by molar-refractivity contribution is -0.152. The zero-order valence-electron chi connectivity index (χ0n) is 17.4. The Balaban J connectivity index is 1.45. The van der Waals surface area contributed by atoms with Crippen LogP contribution in [-0.2, 0) is 19.1 Å². The van der Waals surface area contributed by atoms with E-state index in [4.69, 9.17) is 9.47 Å². The summed E-state index contributed by atoms with van der Waals surface area (Å²) in [6.07, 6.45) is 2.73. The van der Waals surface area contributed by atoms with Gasteiger partial charge in [-0.05, 0) is 68.7 Å². The van der Waals surface area contributed by atoms with E-state index in [1.807, 2.05) is 19.9 Å². The van der Waals surface area contributed by atoms with Gasteiger partial charge in [0.2, 0.25) is 0 Å². The van der Waals surface area contributed by atoms with Crippen molar-refractivity contribution < 1.29 is 28.7 Å². The number of nitrogens with one attached hydrogen (secondary N) is 2. The number of hydrogen-bond acceptors (Lipinski definition) is 6. The van der Waals surface area contributed by atoms with E-state index in [1.54, 1.807) is 12.1 Å². The number of esters is 1. The molecule has 3 rings (SSSR count). The number of rotatable bonds is 6. The summed E-state index contributed by atoms with van der Waals surface area (Å²) in [4.78, 5) is 48.8. The summed E-state index contributed by atoms with van der Waals surface area (Å²) in [7, 11) is 0. The molecular formula is C21H27N3O6. The molecule has 1 aromatic rings. The number of urea groups is 1. The Bertz CT molecular complexity index is 860. The van der Waals surface area contributed by atoms with Gasteiger partial charge in [0.25, 0.3) is 11.8 Å². The third kappa shape index (κ3) is 4.72. The predicted molar refractivity (Wildman–Crippen MR) is 106 cm³/mol. The molecule has 1 saturated heterocycles. The third-order valence-electron chi connectivity index (χ3n) is 5.73. The van der Waals surface area contributed by atoms with E-state index in [9.17, 15) is 19.2 Å². The molecule has 0 bridgehead atoms. The van der Waals surface area contributed by atoms with Gasteiger partial charge in [0.15, 0.2) is 13.2 Å². The lowest BCUT2D eigenvalue weighted by atomic mass is 9.77. The lowest BCUT2D eigenvalue weighted by Gasteiger charge is -2.33. The van der Waals surface area contributed by atoms with E-state index in [-0.39, 0.29) is 6.61 Å². The summed E-state index contributed by atoms with van der Waals surface area (Å²) in [6, 6.07) is 4.74. The fourth-order valence-electron chi connectivity index (χ4n) is 3.61. The number of amides is 4. The van der Waals surface area contributed by atoms with Gasteiger partial charge in [0.1, 0.15) is 11.3 Å². The van der Waals surface area contributed by atoms with Gasteiger partial charge < -0.3 is 14.8 Å². The van der Waals surface area contributed by atoms with E-state index in [1.165, 1.54) is 0 Å². The minimum Gasteiger partial charge on any atom is -0.482 e. The first-order valence-corrected chi connectivity index (χ1v) is 10.0. The molecule has 1 aliphatic carbocycles. The summed E-state index contributed by atoms with van der Waals surface area (Å²) in [5.41, 5.74) is 3.40. The van der Waals surface area contributed by atoms with Gasteiger partial charge in [-0.2, -0.15) is 5.01 Å². The molecule has 2 aliphatic rings. The van der Waals surface area contributed by atoms with Crippen LogP contribution in [0, 0.1) is 19.8 Å². The molecule has 1 aromatic carbocycles. The molecule has 2 fully saturated rings. The van der Waals surface area contributed by atoms with Crippen molar-refractivity contribution in [3.05, 3.63) is 29.3 Å². The largest absolute Gasteiger partial charge is 0.482 e.